The monoisotopic (exact) mass is 608 g/mol. The van der Waals surface area contributed by atoms with Crippen LogP contribution < -0.4 is 10.2 Å². The zero-order valence-corrected chi connectivity index (χ0v) is 24.8. The van der Waals surface area contributed by atoms with Gasteiger partial charge in [0.25, 0.3) is 0 Å². The van der Waals surface area contributed by atoms with Gasteiger partial charge in [0.1, 0.15) is 6.04 Å². The Morgan fingerprint density at radius 1 is 1.00 bits per heavy atom. The minimum Gasteiger partial charge on any atom is -0.365 e. The van der Waals surface area contributed by atoms with Gasteiger partial charge in [-0.25, -0.2) is 4.79 Å². The van der Waals surface area contributed by atoms with E-state index in [1.807, 2.05) is 9.80 Å². The lowest BCUT2D eigenvalue weighted by Crippen LogP contribution is -2.55. The Morgan fingerprint density at radius 2 is 1.61 bits per heavy atom. The average molecular weight is 609 g/mol. The van der Waals surface area contributed by atoms with Crippen LogP contribution in [-0.4, -0.2) is 66.5 Å². The zero-order chi connectivity index (χ0) is 26.1. The molecule has 0 saturated carbocycles. The molecule has 0 radical (unpaired) electrons. The minimum atomic E-state index is -0.449. The van der Waals surface area contributed by atoms with Crippen LogP contribution in [0.2, 0.25) is 0 Å². The Morgan fingerprint density at radius 3 is 2.17 bits per heavy atom. The van der Waals surface area contributed by atoms with Crippen molar-refractivity contribution in [1.82, 2.24) is 15.1 Å². The first-order valence-corrected chi connectivity index (χ1v) is 14.8. The van der Waals surface area contributed by atoms with E-state index in [2.05, 4.69) is 90.8 Å². The Kier molecular flexibility index (Phi) is 11.4. The fraction of sp³-hybridized carbons (Fsp3) is 0.655. The number of allylic oxidation sites excluding steroid dienone is 1. The van der Waals surface area contributed by atoms with E-state index in [-0.39, 0.29) is 11.9 Å². The maximum atomic E-state index is 13.6. The normalized spacial score (nSPS) is 17.9. The number of piperidine rings is 1. The van der Waals surface area contributed by atoms with Crippen molar-refractivity contribution in [2.24, 2.45) is 5.92 Å². The summed E-state index contributed by atoms with van der Waals surface area (Å²) in [6.45, 7) is 12.4. The standard InChI is InChI=1S/C29H45IN4O2/c1-22(2)13-20-34(25-11-9-24(30)10-12-25)26-14-18-32(19-15-26)28(35)27(21-23(3)4)31-29(36)33-16-7-5-6-8-17-33/h9-13,23,26-27H,5-8,14-21H2,1-4H3,(H,31,36). The predicted molar refractivity (Wildman–Crippen MR) is 157 cm³/mol. The molecule has 0 bridgehead atoms. The van der Waals surface area contributed by atoms with E-state index in [1.54, 1.807) is 0 Å². The van der Waals surface area contributed by atoms with Gasteiger partial charge in [-0.15, -0.1) is 0 Å². The molecule has 6 nitrogen and oxygen atoms in total. The number of nitrogens with zero attached hydrogens (tertiary/aromatic N) is 3. The number of urea groups is 1. The molecule has 2 heterocycles. The zero-order valence-electron chi connectivity index (χ0n) is 22.6. The van der Waals surface area contributed by atoms with Crippen molar-refractivity contribution >= 4 is 40.2 Å². The highest BCUT2D eigenvalue weighted by Crippen LogP contribution is 2.26. The summed E-state index contributed by atoms with van der Waals surface area (Å²) in [6.07, 6.45) is 9.28. The molecule has 0 aliphatic carbocycles. The number of rotatable bonds is 8. The summed E-state index contributed by atoms with van der Waals surface area (Å²) in [7, 11) is 0. The van der Waals surface area contributed by atoms with Crippen molar-refractivity contribution < 1.29 is 9.59 Å². The Hall–Kier alpha value is -1.77. The van der Waals surface area contributed by atoms with Crippen LogP contribution >= 0.6 is 22.6 Å². The molecular weight excluding hydrogens is 563 g/mol. The van der Waals surface area contributed by atoms with Gasteiger partial charge in [0.15, 0.2) is 0 Å². The molecular formula is C29H45IN4O2. The first-order valence-electron chi connectivity index (χ1n) is 13.7. The lowest BCUT2D eigenvalue weighted by molar-refractivity contribution is -0.134. The number of carbonyl (C=O) groups is 2. The van der Waals surface area contributed by atoms with Crippen molar-refractivity contribution in [2.75, 3.05) is 37.6 Å². The van der Waals surface area contributed by atoms with Crippen LogP contribution in [0.1, 0.15) is 72.6 Å². The van der Waals surface area contributed by atoms with Crippen LogP contribution in [0.15, 0.2) is 35.9 Å². The summed E-state index contributed by atoms with van der Waals surface area (Å²) in [6, 6.07) is 8.60. The highest BCUT2D eigenvalue weighted by molar-refractivity contribution is 14.1. The topological polar surface area (TPSA) is 55.9 Å². The maximum absolute atomic E-state index is 13.6. The summed E-state index contributed by atoms with van der Waals surface area (Å²) in [5.74, 6) is 0.414. The predicted octanol–water partition coefficient (Wildman–Crippen LogP) is 6.06. The van der Waals surface area contributed by atoms with Crippen LogP contribution in [-0.2, 0) is 4.79 Å². The summed E-state index contributed by atoms with van der Waals surface area (Å²) >= 11 is 2.35. The number of hydrogen-bond donors (Lipinski definition) is 1. The molecule has 2 fully saturated rings. The number of amides is 3. The fourth-order valence-corrected chi connectivity index (χ4v) is 5.56. The largest absolute Gasteiger partial charge is 0.365 e. The smallest absolute Gasteiger partial charge is 0.318 e. The number of benzene rings is 1. The van der Waals surface area contributed by atoms with E-state index in [4.69, 9.17) is 0 Å². The SMILES string of the molecule is CC(C)=CCN(c1ccc(I)cc1)C1CCN(C(=O)C(CC(C)C)NC(=O)N2CCCCCC2)CC1. The highest BCUT2D eigenvalue weighted by Gasteiger charge is 2.32. The summed E-state index contributed by atoms with van der Waals surface area (Å²) in [5, 5.41) is 3.12. The van der Waals surface area contributed by atoms with Crippen molar-refractivity contribution in [3.8, 4) is 0 Å². The van der Waals surface area contributed by atoms with Gasteiger partial charge < -0.3 is 20.0 Å². The molecule has 1 N–H and O–H groups in total. The summed E-state index contributed by atoms with van der Waals surface area (Å²) in [4.78, 5) is 33.0. The number of carbonyl (C=O) groups excluding carboxylic acids is 2. The third-order valence-electron chi connectivity index (χ3n) is 7.27. The highest BCUT2D eigenvalue weighted by atomic mass is 127. The van der Waals surface area contributed by atoms with E-state index in [0.717, 1.165) is 58.4 Å². The number of hydrogen-bond acceptors (Lipinski definition) is 3. The van der Waals surface area contributed by atoms with Crippen molar-refractivity contribution in [1.29, 1.82) is 0 Å². The minimum absolute atomic E-state index is 0.0719. The second-order valence-corrected chi connectivity index (χ2v) is 12.2. The lowest BCUT2D eigenvalue weighted by Gasteiger charge is -2.40. The van der Waals surface area contributed by atoms with Crippen LogP contribution in [0, 0.1) is 9.49 Å². The van der Waals surface area contributed by atoms with Gasteiger partial charge in [-0.05, 0) is 98.7 Å². The van der Waals surface area contributed by atoms with E-state index in [0.29, 0.717) is 18.4 Å². The van der Waals surface area contributed by atoms with E-state index >= 15 is 0 Å². The molecule has 3 amide bonds. The molecule has 0 aromatic heterocycles. The van der Waals surface area contributed by atoms with Gasteiger partial charge in [0.05, 0.1) is 0 Å². The second kappa shape index (κ2) is 14.2. The van der Waals surface area contributed by atoms with Gasteiger partial charge >= 0.3 is 6.03 Å². The molecule has 200 valence electrons. The molecule has 2 saturated heterocycles. The van der Waals surface area contributed by atoms with Crippen LogP contribution in [0.3, 0.4) is 0 Å². The molecule has 1 unspecified atom stereocenters. The molecule has 2 aliphatic heterocycles. The first-order chi connectivity index (χ1) is 17.2. The van der Waals surface area contributed by atoms with Crippen LogP contribution in [0.5, 0.6) is 0 Å². The molecule has 0 spiro atoms. The lowest BCUT2D eigenvalue weighted by atomic mass is 9.98. The average Bonchev–Trinajstić information content (AvgIpc) is 3.14. The number of anilines is 1. The van der Waals surface area contributed by atoms with E-state index in [1.165, 1.54) is 27.7 Å². The molecule has 1 aromatic carbocycles. The van der Waals surface area contributed by atoms with Crippen LogP contribution in [0.25, 0.3) is 0 Å². The Bertz CT molecular complexity index is 866. The molecule has 1 aromatic rings. The van der Waals surface area contributed by atoms with Gasteiger partial charge in [-0.3, -0.25) is 4.79 Å². The van der Waals surface area contributed by atoms with Crippen molar-refractivity contribution in [3.05, 3.63) is 39.5 Å². The number of likely N-dealkylation sites (tertiary alicyclic amines) is 2. The third-order valence-corrected chi connectivity index (χ3v) is 7.99. The van der Waals surface area contributed by atoms with E-state index < -0.39 is 6.04 Å². The van der Waals surface area contributed by atoms with Crippen molar-refractivity contribution in [3.63, 3.8) is 0 Å². The molecule has 7 heteroatoms. The Balaban J connectivity index is 1.64. The number of halogens is 1. The van der Waals surface area contributed by atoms with E-state index in [9.17, 15) is 9.59 Å². The molecule has 2 aliphatic rings. The number of nitrogens with one attached hydrogen (secondary N) is 1. The van der Waals surface area contributed by atoms with Crippen molar-refractivity contribution in [2.45, 2.75) is 84.7 Å². The Labute approximate surface area is 232 Å². The summed E-state index contributed by atoms with van der Waals surface area (Å²) < 4.78 is 1.23. The quantitative estimate of drug-likeness (QED) is 0.289. The molecule has 36 heavy (non-hydrogen) atoms. The third kappa shape index (κ3) is 8.67. The van der Waals surface area contributed by atoms with Gasteiger partial charge in [0.2, 0.25) is 5.91 Å². The summed E-state index contributed by atoms with van der Waals surface area (Å²) in [5.41, 5.74) is 2.55. The second-order valence-electron chi connectivity index (χ2n) is 11.0. The fourth-order valence-electron chi connectivity index (χ4n) is 5.20. The van der Waals surface area contributed by atoms with Crippen LogP contribution in [0.4, 0.5) is 10.5 Å². The first kappa shape index (κ1) is 28.8. The van der Waals surface area contributed by atoms with Gasteiger partial charge in [-0.1, -0.05) is 38.3 Å². The maximum Gasteiger partial charge on any atom is 0.318 e. The van der Waals surface area contributed by atoms with Gasteiger partial charge in [0, 0.05) is 48.0 Å². The van der Waals surface area contributed by atoms with Gasteiger partial charge in [-0.2, -0.15) is 0 Å². The molecule has 3 rings (SSSR count). The molecule has 1 atom stereocenters.